The summed E-state index contributed by atoms with van der Waals surface area (Å²) in [6.07, 6.45) is 7.47. The van der Waals surface area contributed by atoms with Crippen molar-refractivity contribution in [1.82, 2.24) is 4.90 Å². The molecule has 0 saturated carbocycles. The Morgan fingerprint density at radius 3 is 1.39 bits per heavy atom. The number of benzene rings is 2. The van der Waals surface area contributed by atoms with Crippen molar-refractivity contribution >= 4 is 23.7 Å². The molecule has 0 aromatic heterocycles. The Morgan fingerprint density at radius 1 is 0.667 bits per heavy atom. The van der Waals surface area contributed by atoms with Gasteiger partial charge in [-0.3, -0.25) is 9.59 Å². The van der Waals surface area contributed by atoms with Gasteiger partial charge >= 0.3 is 0 Å². The molecular formula is C26H29NO6. The standard InChI is InChI=1S/C26H29NO6/c1-27(2)17-20(21(28)11-7-18-9-13-23(30-3)25(15-18)32-5)22(29)12-8-19-10-14-24(31-4)26(16-19)33-6/h7-17H,1-6H3/b11-7+,12-8+. The Bertz CT molecular complexity index is 1000. The summed E-state index contributed by atoms with van der Waals surface area (Å²) in [5, 5.41) is 0. The predicted molar refractivity (Wildman–Crippen MR) is 129 cm³/mol. The average molecular weight is 452 g/mol. The second-order valence-corrected chi connectivity index (χ2v) is 7.13. The first-order valence-corrected chi connectivity index (χ1v) is 10.1. The molecule has 0 unspecified atom stereocenters. The third kappa shape index (κ3) is 7.00. The van der Waals surface area contributed by atoms with Gasteiger partial charge in [0.15, 0.2) is 34.6 Å². The number of ether oxygens (including phenoxy) is 4. The van der Waals surface area contributed by atoms with Crippen molar-refractivity contribution in [1.29, 1.82) is 0 Å². The van der Waals surface area contributed by atoms with Crippen LogP contribution in [0.5, 0.6) is 23.0 Å². The number of allylic oxidation sites excluding steroid dienone is 3. The second kappa shape index (κ2) is 12.1. The molecule has 0 aliphatic heterocycles. The molecule has 7 heteroatoms. The van der Waals surface area contributed by atoms with E-state index in [2.05, 4.69) is 0 Å². The smallest absolute Gasteiger partial charge is 0.191 e. The number of rotatable bonds is 11. The van der Waals surface area contributed by atoms with E-state index in [-0.39, 0.29) is 5.57 Å². The molecule has 0 bridgehead atoms. The molecule has 2 aromatic carbocycles. The van der Waals surface area contributed by atoms with Gasteiger partial charge in [0.1, 0.15) is 0 Å². The molecule has 0 atom stereocenters. The first-order chi connectivity index (χ1) is 15.8. The highest BCUT2D eigenvalue weighted by atomic mass is 16.5. The zero-order valence-corrected chi connectivity index (χ0v) is 19.7. The van der Waals surface area contributed by atoms with Gasteiger partial charge in [0.25, 0.3) is 0 Å². The van der Waals surface area contributed by atoms with E-state index in [4.69, 9.17) is 18.9 Å². The van der Waals surface area contributed by atoms with Gasteiger partial charge in [-0.15, -0.1) is 0 Å². The lowest BCUT2D eigenvalue weighted by molar-refractivity contribution is -0.116. The third-order valence-corrected chi connectivity index (χ3v) is 4.59. The Hall–Kier alpha value is -4.00. The van der Waals surface area contributed by atoms with Crippen LogP contribution in [0.4, 0.5) is 0 Å². The van der Waals surface area contributed by atoms with Gasteiger partial charge in [-0.25, -0.2) is 0 Å². The van der Waals surface area contributed by atoms with Crippen molar-refractivity contribution in [2.75, 3.05) is 42.5 Å². The summed E-state index contributed by atoms with van der Waals surface area (Å²) in [5.74, 6) is 1.44. The van der Waals surface area contributed by atoms with E-state index in [1.807, 2.05) is 0 Å². The average Bonchev–Trinajstić information content (AvgIpc) is 2.83. The zero-order chi connectivity index (χ0) is 24.4. The van der Waals surface area contributed by atoms with E-state index < -0.39 is 11.6 Å². The van der Waals surface area contributed by atoms with Crippen LogP contribution in [-0.2, 0) is 9.59 Å². The van der Waals surface area contributed by atoms with Gasteiger partial charge < -0.3 is 23.8 Å². The lowest BCUT2D eigenvalue weighted by Gasteiger charge is -2.09. The predicted octanol–water partition coefficient (Wildman–Crippen LogP) is 4.03. The summed E-state index contributed by atoms with van der Waals surface area (Å²) in [6, 6.07) is 10.6. The SMILES string of the molecule is COc1ccc(/C=C/C(=O)C(=CN(C)C)C(=O)/C=C/c2ccc(OC)c(OC)c2)cc1OC. The highest BCUT2D eigenvalue weighted by Crippen LogP contribution is 2.29. The second-order valence-electron chi connectivity index (χ2n) is 7.13. The van der Waals surface area contributed by atoms with Crippen molar-refractivity contribution in [2.24, 2.45) is 0 Å². The first-order valence-electron chi connectivity index (χ1n) is 10.1. The van der Waals surface area contributed by atoms with Gasteiger partial charge in [0.05, 0.1) is 34.0 Å². The van der Waals surface area contributed by atoms with E-state index >= 15 is 0 Å². The molecule has 0 N–H and O–H groups in total. The summed E-state index contributed by atoms with van der Waals surface area (Å²) in [5.41, 5.74) is 1.51. The number of hydrogen-bond donors (Lipinski definition) is 0. The first kappa shape index (κ1) is 25.3. The van der Waals surface area contributed by atoms with Crippen molar-refractivity contribution in [3.8, 4) is 23.0 Å². The fourth-order valence-electron chi connectivity index (χ4n) is 2.94. The molecular weight excluding hydrogens is 422 g/mol. The number of hydrogen-bond acceptors (Lipinski definition) is 7. The molecule has 0 radical (unpaired) electrons. The fourth-order valence-corrected chi connectivity index (χ4v) is 2.94. The topological polar surface area (TPSA) is 74.3 Å². The fraction of sp³-hybridized carbons (Fsp3) is 0.231. The summed E-state index contributed by atoms with van der Waals surface area (Å²) >= 11 is 0. The molecule has 33 heavy (non-hydrogen) atoms. The zero-order valence-electron chi connectivity index (χ0n) is 19.7. The number of nitrogens with zero attached hydrogens (tertiary/aromatic N) is 1. The maximum absolute atomic E-state index is 12.8. The number of carbonyl (C=O) groups excluding carboxylic acids is 2. The molecule has 2 aromatic rings. The Kier molecular flexibility index (Phi) is 9.30. The van der Waals surface area contributed by atoms with Crippen LogP contribution in [0, 0.1) is 0 Å². The van der Waals surface area contributed by atoms with Crippen LogP contribution in [0.25, 0.3) is 12.2 Å². The maximum Gasteiger partial charge on any atom is 0.191 e. The molecule has 0 spiro atoms. The van der Waals surface area contributed by atoms with Crippen LogP contribution in [0.15, 0.2) is 60.3 Å². The Morgan fingerprint density at radius 2 is 1.06 bits per heavy atom. The number of ketones is 2. The lowest BCUT2D eigenvalue weighted by atomic mass is 10.0. The normalized spacial score (nSPS) is 10.7. The minimum atomic E-state index is -0.416. The van der Waals surface area contributed by atoms with Gasteiger partial charge in [-0.1, -0.05) is 24.3 Å². The highest BCUT2D eigenvalue weighted by molar-refractivity contribution is 6.28. The van der Waals surface area contributed by atoms with Crippen molar-refractivity contribution in [3.63, 3.8) is 0 Å². The van der Waals surface area contributed by atoms with Gasteiger partial charge in [0, 0.05) is 20.3 Å². The summed E-state index contributed by atoms with van der Waals surface area (Å²) in [6.45, 7) is 0. The van der Waals surface area contributed by atoms with E-state index in [0.29, 0.717) is 23.0 Å². The molecule has 0 aliphatic carbocycles. The maximum atomic E-state index is 12.8. The van der Waals surface area contributed by atoms with Crippen LogP contribution in [0.3, 0.4) is 0 Å². The highest BCUT2D eigenvalue weighted by Gasteiger charge is 2.15. The summed E-state index contributed by atoms with van der Waals surface area (Å²) in [7, 11) is 9.68. The van der Waals surface area contributed by atoms with Gasteiger partial charge in [-0.2, -0.15) is 0 Å². The molecule has 0 saturated heterocycles. The molecule has 0 amide bonds. The van der Waals surface area contributed by atoms with E-state index in [0.717, 1.165) is 11.1 Å². The Labute approximate surface area is 194 Å². The summed E-state index contributed by atoms with van der Waals surface area (Å²) in [4.78, 5) is 27.3. The summed E-state index contributed by atoms with van der Waals surface area (Å²) < 4.78 is 21.0. The van der Waals surface area contributed by atoms with Crippen molar-refractivity contribution < 1.29 is 28.5 Å². The van der Waals surface area contributed by atoms with E-state index in [9.17, 15) is 9.59 Å². The van der Waals surface area contributed by atoms with E-state index in [1.54, 1.807) is 81.8 Å². The number of methoxy groups -OCH3 is 4. The van der Waals surface area contributed by atoms with Crippen LogP contribution in [-0.4, -0.2) is 59.0 Å². The van der Waals surface area contributed by atoms with Crippen LogP contribution < -0.4 is 18.9 Å². The molecule has 0 aliphatic rings. The van der Waals surface area contributed by atoms with Crippen molar-refractivity contribution in [2.45, 2.75) is 0 Å². The van der Waals surface area contributed by atoms with Gasteiger partial charge in [-0.05, 0) is 47.5 Å². The lowest BCUT2D eigenvalue weighted by Crippen LogP contribution is -2.14. The van der Waals surface area contributed by atoms with Crippen LogP contribution in [0.2, 0.25) is 0 Å². The number of carbonyl (C=O) groups is 2. The van der Waals surface area contributed by atoms with E-state index in [1.165, 1.54) is 32.6 Å². The molecule has 0 heterocycles. The third-order valence-electron chi connectivity index (χ3n) is 4.59. The molecule has 174 valence electrons. The van der Waals surface area contributed by atoms with Crippen LogP contribution in [0.1, 0.15) is 11.1 Å². The van der Waals surface area contributed by atoms with Crippen LogP contribution >= 0.6 is 0 Å². The van der Waals surface area contributed by atoms with Gasteiger partial charge in [0.2, 0.25) is 0 Å². The quantitative estimate of drug-likeness (QED) is 0.290. The molecule has 0 fully saturated rings. The molecule has 7 nitrogen and oxygen atoms in total. The van der Waals surface area contributed by atoms with Crippen molar-refractivity contribution in [3.05, 3.63) is 71.5 Å². The largest absolute Gasteiger partial charge is 0.493 e. The minimum absolute atomic E-state index is 0.0356. The minimum Gasteiger partial charge on any atom is -0.493 e. The molecule has 2 rings (SSSR count). The monoisotopic (exact) mass is 451 g/mol. The Balaban J connectivity index is 2.25.